The summed E-state index contributed by atoms with van der Waals surface area (Å²) in [5.74, 6) is 1.83. The number of para-hydroxylation sites is 3. The smallest absolute Gasteiger partial charge is 0.338 e. The number of benzene rings is 3. The number of aromatic nitrogens is 2. The second-order valence-corrected chi connectivity index (χ2v) is 9.79. The number of nitrogens with zero attached hydrogens (tertiary/aromatic N) is 3. The molecule has 0 spiro atoms. The molecule has 5 rings (SSSR count). The van der Waals surface area contributed by atoms with E-state index in [4.69, 9.17) is 14.5 Å². The van der Waals surface area contributed by atoms with Gasteiger partial charge in [-0.05, 0) is 87.3 Å². The molecule has 1 saturated heterocycles. The highest BCUT2D eigenvalue weighted by Crippen LogP contribution is 2.24. The van der Waals surface area contributed by atoms with Gasteiger partial charge in [-0.15, -0.1) is 0 Å². The number of carbonyl (C=O) groups is 2. The van der Waals surface area contributed by atoms with Crippen LogP contribution in [0.3, 0.4) is 0 Å². The molecule has 3 aromatic carbocycles. The molecule has 1 aliphatic rings. The zero-order valence-corrected chi connectivity index (χ0v) is 22.2. The van der Waals surface area contributed by atoms with Crippen LogP contribution in [0.25, 0.3) is 11.0 Å². The summed E-state index contributed by atoms with van der Waals surface area (Å²) in [6.07, 6.45) is 2.01. The zero-order valence-electron chi connectivity index (χ0n) is 22.2. The lowest BCUT2D eigenvalue weighted by molar-refractivity contribution is -0.117. The number of anilines is 1. The van der Waals surface area contributed by atoms with Crippen molar-refractivity contribution in [2.24, 2.45) is 5.92 Å². The number of ether oxygens (including phenoxy) is 2. The molecule has 0 aliphatic carbocycles. The minimum atomic E-state index is -0.363. The fourth-order valence-corrected chi connectivity index (χ4v) is 5.00. The van der Waals surface area contributed by atoms with Gasteiger partial charge in [0.15, 0.2) is 0 Å². The first-order valence-corrected chi connectivity index (χ1v) is 13.5. The van der Waals surface area contributed by atoms with Gasteiger partial charge >= 0.3 is 5.97 Å². The molecular weight excluding hydrogens is 492 g/mol. The van der Waals surface area contributed by atoms with Gasteiger partial charge in [-0.25, -0.2) is 9.78 Å². The maximum atomic E-state index is 12.6. The predicted molar refractivity (Wildman–Crippen MR) is 151 cm³/mol. The summed E-state index contributed by atoms with van der Waals surface area (Å²) in [6, 6.07) is 24.8. The van der Waals surface area contributed by atoms with Gasteiger partial charge in [0.1, 0.15) is 18.2 Å². The summed E-state index contributed by atoms with van der Waals surface area (Å²) in [6.45, 7) is 5.46. The fraction of sp³-hybridized carbons (Fsp3) is 0.323. The average molecular weight is 527 g/mol. The van der Waals surface area contributed by atoms with E-state index < -0.39 is 0 Å². The van der Waals surface area contributed by atoms with E-state index in [1.165, 1.54) is 0 Å². The molecule has 0 saturated carbocycles. The van der Waals surface area contributed by atoms with Crippen LogP contribution in [0.5, 0.6) is 5.75 Å². The van der Waals surface area contributed by atoms with Crippen LogP contribution in [-0.4, -0.2) is 52.6 Å². The van der Waals surface area contributed by atoms with E-state index in [9.17, 15) is 9.59 Å². The molecule has 2 heterocycles. The van der Waals surface area contributed by atoms with Crippen LogP contribution < -0.4 is 10.1 Å². The van der Waals surface area contributed by atoms with E-state index in [1.807, 2.05) is 48.5 Å². The third-order valence-electron chi connectivity index (χ3n) is 7.04. The Morgan fingerprint density at radius 2 is 1.67 bits per heavy atom. The van der Waals surface area contributed by atoms with Crippen LogP contribution in [0.4, 0.5) is 5.69 Å². The number of carbonyl (C=O) groups excluding carboxylic acids is 2. The SMILES string of the molecule is CCOC(=O)c1ccc(NC(=O)CN2CCC(Cn3c(COc4ccccc4)nc4ccccc43)CC2)cc1. The fourth-order valence-electron chi connectivity index (χ4n) is 5.00. The number of fused-ring (bicyclic) bond motifs is 1. The molecule has 202 valence electrons. The molecule has 1 amide bonds. The molecular formula is C31H34N4O4. The number of hydrogen-bond donors (Lipinski definition) is 1. The van der Waals surface area contributed by atoms with Crippen LogP contribution in [0.1, 0.15) is 35.9 Å². The van der Waals surface area contributed by atoms with Crippen LogP contribution in [0, 0.1) is 5.92 Å². The number of rotatable bonds is 10. The molecule has 1 N–H and O–H groups in total. The topological polar surface area (TPSA) is 85.7 Å². The Balaban J connectivity index is 1.14. The van der Waals surface area contributed by atoms with Crippen molar-refractivity contribution in [1.82, 2.24) is 14.5 Å². The van der Waals surface area contributed by atoms with Crippen molar-refractivity contribution < 1.29 is 19.1 Å². The Kier molecular flexibility index (Phi) is 8.53. The predicted octanol–water partition coefficient (Wildman–Crippen LogP) is 5.14. The van der Waals surface area contributed by atoms with Crippen LogP contribution >= 0.6 is 0 Å². The number of hydrogen-bond acceptors (Lipinski definition) is 6. The summed E-state index contributed by atoms with van der Waals surface area (Å²) in [7, 11) is 0. The second kappa shape index (κ2) is 12.6. The van der Waals surface area contributed by atoms with Crippen molar-refractivity contribution in [2.75, 3.05) is 31.6 Å². The van der Waals surface area contributed by atoms with Gasteiger partial charge in [-0.1, -0.05) is 30.3 Å². The molecule has 39 heavy (non-hydrogen) atoms. The number of amides is 1. The first kappa shape index (κ1) is 26.4. The van der Waals surface area contributed by atoms with Gasteiger partial charge in [0.25, 0.3) is 0 Å². The minimum absolute atomic E-state index is 0.0571. The first-order chi connectivity index (χ1) is 19.1. The standard InChI is InChI=1S/C31H34N4O4/c1-2-38-31(37)24-12-14-25(15-13-24)32-30(36)21-34-18-16-23(17-19-34)20-35-28-11-7-6-10-27(28)33-29(35)22-39-26-8-4-3-5-9-26/h3-15,23H,2,16-22H2,1H3,(H,32,36). The van der Waals surface area contributed by atoms with Crippen LogP contribution in [0.2, 0.25) is 0 Å². The highest BCUT2D eigenvalue weighted by molar-refractivity contribution is 5.94. The lowest BCUT2D eigenvalue weighted by atomic mass is 9.96. The van der Waals surface area contributed by atoms with Gasteiger partial charge in [-0.2, -0.15) is 0 Å². The normalized spacial score (nSPS) is 14.3. The monoisotopic (exact) mass is 526 g/mol. The van der Waals surface area contributed by atoms with Crippen molar-refractivity contribution in [3.63, 3.8) is 0 Å². The van der Waals surface area contributed by atoms with Crippen LogP contribution in [-0.2, 0) is 22.7 Å². The Morgan fingerprint density at radius 3 is 2.41 bits per heavy atom. The second-order valence-electron chi connectivity index (χ2n) is 9.79. The van der Waals surface area contributed by atoms with Crippen molar-refractivity contribution in [1.29, 1.82) is 0 Å². The summed E-state index contributed by atoms with van der Waals surface area (Å²) in [4.78, 5) is 31.5. The molecule has 8 heteroatoms. The number of piperidine rings is 1. The Morgan fingerprint density at radius 1 is 0.949 bits per heavy atom. The number of nitrogens with one attached hydrogen (secondary N) is 1. The van der Waals surface area contributed by atoms with E-state index in [-0.39, 0.29) is 11.9 Å². The van der Waals surface area contributed by atoms with E-state index >= 15 is 0 Å². The maximum Gasteiger partial charge on any atom is 0.338 e. The molecule has 8 nitrogen and oxygen atoms in total. The molecule has 0 bridgehead atoms. The largest absolute Gasteiger partial charge is 0.486 e. The van der Waals surface area contributed by atoms with Crippen molar-refractivity contribution in [3.8, 4) is 5.75 Å². The van der Waals surface area contributed by atoms with Crippen LogP contribution in [0.15, 0.2) is 78.9 Å². The Labute approximate surface area is 228 Å². The summed E-state index contributed by atoms with van der Waals surface area (Å²) in [5, 5.41) is 2.93. The van der Waals surface area contributed by atoms with Gasteiger partial charge in [0.2, 0.25) is 5.91 Å². The van der Waals surface area contributed by atoms with E-state index in [2.05, 4.69) is 20.9 Å². The quantitative estimate of drug-likeness (QED) is 0.288. The Hall–Kier alpha value is -4.17. The summed E-state index contributed by atoms with van der Waals surface area (Å²) >= 11 is 0. The number of imidazole rings is 1. The van der Waals surface area contributed by atoms with E-state index in [0.29, 0.717) is 36.9 Å². The van der Waals surface area contributed by atoms with Gasteiger partial charge in [0, 0.05) is 12.2 Å². The minimum Gasteiger partial charge on any atom is -0.486 e. The van der Waals surface area contributed by atoms with E-state index in [0.717, 1.165) is 55.1 Å². The summed E-state index contributed by atoms with van der Waals surface area (Å²) < 4.78 is 13.3. The van der Waals surface area contributed by atoms with Gasteiger partial charge in [0.05, 0.1) is 29.7 Å². The molecule has 0 radical (unpaired) electrons. The third-order valence-corrected chi connectivity index (χ3v) is 7.04. The maximum absolute atomic E-state index is 12.6. The summed E-state index contributed by atoms with van der Waals surface area (Å²) in [5.41, 5.74) is 3.24. The number of likely N-dealkylation sites (tertiary alicyclic amines) is 1. The average Bonchev–Trinajstić information content (AvgIpc) is 3.31. The van der Waals surface area contributed by atoms with Crippen molar-refractivity contribution >= 4 is 28.6 Å². The Bertz CT molecular complexity index is 1390. The number of esters is 1. The lowest BCUT2D eigenvalue weighted by Crippen LogP contribution is -2.40. The highest BCUT2D eigenvalue weighted by atomic mass is 16.5. The highest BCUT2D eigenvalue weighted by Gasteiger charge is 2.23. The zero-order chi connectivity index (χ0) is 27.0. The van der Waals surface area contributed by atoms with Gasteiger partial charge < -0.3 is 19.4 Å². The van der Waals surface area contributed by atoms with Crippen molar-refractivity contribution in [3.05, 3.63) is 90.3 Å². The molecule has 1 fully saturated rings. The third kappa shape index (κ3) is 6.83. The van der Waals surface area contributed by atoms with Crippen molar-refractivity contribution in [2.45, 2.75) is 32.9 Å². The molecule has 4 aromatic rings. The first-order valence-electron chi connectivity index (χ1n) is 13.5. The molecule has 0 atom stereocenters. The molecule has 1 aromatic heterocycles. The lowest BCUT2D eigenvalue weighted by Gasteiger charge is -2.32. The molecule has 1 aliphatic heterocycles. The van der Waals surface area contributed by atoms with Gasteiger partial charge in [-0.3, -0.25) is 9.69 Å². The van der Waals surface area contributed by atoms with E-state index in [1.54, 1.807) is 31.2 Å². The molecule has 0 unspecified atom stereocenters.